The van der Waals surface area contributed by atoms with Crippen LogP contribution in [0.15, 0.2) is 77.6 Å². The van der Waals surface area contributed by atoms with Gasteiger partial charge >= 0.3 is 5.69 Å². The predicted molar refractivity (Wildman–Crippen MR) is 122 cm³/mol. The molecule has 0 fully saturated rings. The summed E-state index contributed by atoms with van der Waals surface area (Å²) in [6.45, 7) is 0. The van der Waals surface area contributed by atoms with Crippen LogP contribution >= 0.6 is 23.2 Å². The molecule has 7 heteroatoms. The van der Waals surface area contributed by atoms with Gasteiger partial charge in [-0.25, -0.2) is 9.36 Å². The molecule has 0 amide bonds. The molecule has 31 heavy (non-hydrogen) atoms. The van der Waals surface area contributed by atoms with Gasteiger partial charge in [0, 0.05) is 34.6 Å². The summed E-state index contributed by atoms with van der Waals surface area (Å²) in [6, 6.07) is 20.8. The molecule has 0 radical (unpaired) electrons. The highest BCUT2D eigenvalue weighted by Crippen LogP contribution is 2.27. The van der Waals surface area contributed by atoms with E-state index in [1.54, 1.807) is 49.5 Å². The lowest BCUT2D eigenvalue weighted by molar-refractivity contribution is 0.103. The summed E-state index contributed by atoms with van der Waals surface area (Å²) >= 11 is 12.1. The fraction of sp³-hybridized carbons (Fsp3) is 0.0833. The van der Waals surface area contributed by atoms with Crippen LogP contribution in [0.2, 0.25) is 10.0 Å². The summed E-state index contributed by atoms with van der Waals surface area (Å²) in [5, 5.41) is 11.5. The van der Waals surface area contributed by atoms with Crippen LogP contribution in [0.4, 0.5) is 0 Å². The third-order valence-corrected chi connectivity index (χ3v) is 5.52. The van der Waals surface area contributed by atoms with E-state index >= 15 is 0 Å². The number of halogens is 2. The lowest BCUT2D eigenvalue weighted by atomic mass is 10.0. The van der Waals surface area contributed by atoms with E-state index in [4.69, 9.17) is 23.2 Å². The van der Waals surface area contributed by atoms with Crippen molar-refractivity contribution < 1.29 is 9.90 Å². The summed E-state index contributed by atoms with van der Waals surface area (Å²) in [7, 11) is 1.59. The molecule has 0 unspecified atom stereocenters. The number of carbonyl (C=O) groups is 1. The fourth-order valence-electron chi connectivity index (χ4n) is 3.46. The van der Waals surface area contributed by atoms with E-state index in [0.29, 0.717) is 39.0 Å². The molecule has 4 aromatic rings. The maximum Gasteiger partial charge on any atom is 0.335 e. The van der Waals surface area contributed by atoms with Crippen molar-refractivity contribution in [1.29, 1.82) is 0 Å². The van der Waals surface area contributed by atoms with Crippen LogP contribution in [-0.2, 0) is 13.5 Å². The Morgan fingerprint density at radius 1 is 0.903 bits per heavy atom. The van der Waals surface area contributed by atoms with Gasteiger partial charge in [-0.15, -0.1) is 0 Å². The molecule has 4 rings (SSSR count). The molecule has 0 aliphatic carbocycles. The third-order valence-electron chi connectivity index (χ3n) is 5.08. The maximum atomic E-state index is 12.8. The van der Waals surface area contributed by atoms with E-state index in [1.165, 1.54) is 9.13 Å². The molecule has 5 nitrogen and oxygen atoms in total. The van der Waals surface area contributed by atoms with Gasteiger partial charge in [0.2, 0.25) is 5.88 Å². The maximum absolute atomic E-state index is 12.8. The number of benzene rings is 3. The number of imidazole rings is 1. The van der Waals surface area contributed by atoms with Crippen LogP contribution in [0.5, 0.6) is 5.88 Å². The lowest BCUT2D eigenvalue weighted by Crippen LogP contribution is -2.21. The molecule has 1 N–H and O–H groups in total. The van der Waals surface area contributed by atoms with Gasteiger partial charge in [-0.1, -0.05) is 77.8 Å². The Kier molecular flexibility index (Phi) is 5.72. The zero-order chi connectivity index (χ0) is 22.1. The number of ketones is 1. The van der Waals surface area contributed by atoms with Gasteiger partial charge in [0.05, 0.1) is 11.4 Å². The fourth-order valence-corrected chi connectivity index (χ4v) is 3.97. The van der Waals surface area contributed by atoms with Gasteiger partial charge in [-0.05, 0) is 23.8 Å². The predicted octanol–water partition coefficient (Wildman–Crippen LogP) is 5.01. The van der Waals surface area contributed by atoms with Crippen molar-refractivity contribution in [2.45, 2.75) is 6.42 Å². The van der Waals surface area contributed by atoms with E-state index in [1.807, 2.05) is 30.3 Å². The largest absolute Gasteiger partial charge is 0.493 e. The molecular weight excluding hydrogens is 435 g/mol. The van der Waals surface area contributed by atoms with Crippen LogP contribution in [0, 0.1) is 0 Å². The number of aromatic nitrogens is 2. The number of rotatable bonds is 5. The standard InChI is InChI=1S/C24H18Cl2N2O3/c1-27-21(23(30)28(24(27)31)20-13-18(25)12-19(26)14-20)11-15-7-9-17(10-8-15)22(29)16-5-3-2-4-6-16/h2-10,12-14,30H,11H2,1H3. The van der Waals surface area contributed by atoms with Gasteiger partial charge in [0.1, 0.15) is 0 Å². The molecule has 0 aliphatic heterocycles. The Labute approximate surface area is 188 Å². The van der Waals surface area contributed by atoms with E-state index in [2.05, 4.69) is 0 Å². The number of carbonyl (C=O) groups excluding carboxylic acids is 1. The summed E-state index contributed by atoms with van der Waals surface area (Å²) in [5.41, 5.74) is 2.43. The second-order valence-electron chi connectivity index (χ2n) is 7.14. The first kappa shape index (κ1) is 21.0. The molecule has 0 aliphatic rings. The Hall–Kier alpha value is -3.28. The number of hydrogen-bond acceptors (Lipinski definition) is 3. The first-order chi connectivity index (χ1) is 14.8. The van der Waals surface area contributed by atoms with E-state index in [-0.39, 0.29) is 11.7 Å². The molecule has 1 aromatic heterocycles. The van der Waals surface area contributed by atoms with Crippen molar-refractivity contribution in [3.8, 4) is 11.6 Å². The molecule has 0 spiro atoms. The summed E-state index contributed by atoms with van der Waals surface area (Å²) < 4.78 is 2.55. The molecule has 0 saturated carbocycles. The summed E-state index contributed by atoms with van der Waals surface area (Å²) in [4.78, 5) is 25.3. The molecule has 1 heterocycles. The van der Waals surface area contributed by atoms with Crippen LogP contribution < -0.4 is 5.69 Å². The zero-order valence-electron chi connectivity index (χ0n) is 16.5. The quantitative estimate of drug-likeness (QED) is 0.432. The minimum absolute atomic E-state index is 0.0635. The van der Waals surface area contributed by atoms with Crippen LogP contribution in [0.3, 0.4) is 0 Å². The number of hydrogen-bond donors (Lipinski definition) is 1. The van der Waals surface area contributed by atoms with Crippen molar-refractivity contribution >= 4 is 29.0 Å². The van der Waals surface area contributed by atoms with Gasteiger partial charge < -0.3 is 5.11 Å². The van der Waals surface area contributed by atoms with Crippen molar-refractivity contribution in [2.75, 3.05) is 0 Å². The Morgan fingerprint density at radius 3 is 2.10 bits per heavy atom. The topological polar surface area (TPSA) is 64.2 Å². The van der Waals surface area contributed by atoms with Crippen LogP contribution in [0.1, 0.15) is 27.2 Å². The van der Waals surface area contributed by atoms with Crippen LogP contribution in [0.25, 0.3) is 5.69 Å². The zero-order valence-corrected chi connectivity index (χ0v) is 18.1. The smallest absolute Gasteiger partial charge is 0.335 e. The van der Waals surface area contributed by atoms with E-state index in [0.717, 1.165) is 5.56 Å². The van der Waals surface area contributed by atoms with Crippen molar-refractivity contribution in [3.63, 3.8) is 0 Å². The number of aromatic hydroxyl groups is 1. The highest BCUT2D eigenvalue weighted by Gasteiger charge is 2.19. The van der Waals surface area contributed by atoms with Crippen molar-refractivity contribution in [3.05, 3.63) is 116 Å². The molecule has 3 aromatic carbocycles. The van der Waals surface area contributed by atoms with E-state index in [9.17, 15) is 14.7 Å². The van der Waals surface area contributed by atoms with Gasteiger partial charge in [0.15, 0.2) is 5.78 Å². The van der Waals surface area contributed by atoms with Gasteiger partial charge in [-0.2, -0.15) is 0 Å². The van der Waals surface area contributed by atoms with Crippen molar-refractivity contribution in [2.24, 2.45) is 7.05 Å². The highest BCUT2D eigenvalue weighted by molar-refractivity contribution is 6.34. The molecule has 0 atom stereocenters. The highest BCUT2D eigenvalue weighted by atomic mass is 35.5. The molecule has 0 saturated heterocycles. The van der Waals surface area contributed by atoms with Crippen molar-refractivity contribution in [1.82, 2.24) is 9.13 Å². The van der Waals surface area contributed by atoms with Gasteiger partial charge in [-0.3, -0.25) is 9.36 Å². The molecule has 0 bridgehead atoms. The number of nitrogens with zero attached hydrogens (tertiary/aromatic N) is 2. The summed E-state index contributed by atoms with van der Waals surface area (Å²) in [5.74, 6) is -0.248. The first-order valence-corrected chi connectivity index (χ1v) is 10.3. The SMILES string of the molecule is Cn1c(Cc2ccc(C(=O)c3ccccc3)cc2)c(O)n(-c2cc(Cl)cc(Cl)c2)c1=O. The van der Waals surface area contributed by atoms with Gasteiger partial charge in [0.25, 0.3) is 0 Å². The normalized spacial score (nSPS) is 10.9. The monoisotopic (exact) mass is 452 g/mol. The minimum atomic E-state index is -0.415. The first-order valence-electron chi connectivity index (χ1n) is 9.50. The Balaban J connectivity index is 1.64. The van der Waals surface area contributed by atoms with Crippen LogP contribution in [-0.4, -0.2) is 20.0 Å². The second-order valence-corrected chi connectivity index (χ2v) is 8.02. The average Bonchev–Trinajstić information content (AvgIpc) is 2.97. The molecule has 156 valence electrons. The summed E-state index contributed by atoms with van der Waals surface area (Å²) in [6.07, 6.45) is 0.304. The average molecular weight is 453 g/mol. The Bertz CT molecular complexity index is 1300. The van der Waals surface area contributed by atoms with E-state index < -0.39 is 5.69 Å². The minimum Gasteiger partial charge on any atom is -0.493 e. The third kappa shape index (κ3) is 4.15. The lowest BCUT2D eigenvalue weighted by Gasteiger charge is -2.07. The Morgan fingerprint density at radius 2 is 1.48 bits per heavy atom. The second kappa shape index (κ2) is 8.46. The molecular formula is C24H18Cl2N2O3.